The average molecular weight is 222 g/mol. The highest BCUT2D eigenvalue weighted by Gasteiger charge is 2.03. The maximum absolute atomic E-state index is 11.0. The molecule has 0 fully saturated rings. The van der Waals surface area contributed by atoms with Gasteiger partial charge >= 0.3 is 6.09 Å². The molecule has 1 rings (SSSR count). The van der Waals surface area contributed by atoms with Gasteiger partial charge in [0, 0.05) is 5.56 Å². The summed E-state index contributed by atoms with van der Waals surface area (Å²) in [7, 11) is 0. The maximum Gasteiger partial charge on any atom is 0.427 e. The Morgan fingerprint density at radius 2 is 2.12 bits per heavy atom. The molecule has 1 amide bonds. The molecular formula is C11H14N2O3. The molecule has 2 N–H and O–H groups in total. The number of hydrogen-bond donors (Lipinski definition) is 2. The van der Waals surface area contributed by atoms with Crippen LogP contribution in [0.5, 0.6) is 0 Å². The Kier molecular flexibility index (Phi) is 5.01. The lowest BCUT2D eigenvalue weighted by Gasteiger charge is -2.04. The van der Waals surface area contributed by atoms with Crippen molar-refractivity contribution < 1.29 is 14.6 Å². The van der Waals surface area contributed by atoms with E-state index in [-0.39, 0.29) is 13.2 Å². The van der Waals surface area contributed by atoms with Gasteiger partial charge in [-0.05, 0) is 6.92 Å². The van der Waals surface area contributed by atoms with Crippen LogP contribution in [0, 0.1) is 0 Å². The molecule has 0 unspecified atom stereocenters. The number of hydrogen-bond acceptors (Lipinski definition) is 4. The molecule has 0 aliphatic rings. The fraction of sp³-hybridized carbons (Fsp3) is 0.273. The third-order valence-corrected chi connectivity index (χ3v) is 1.81. The van der Waals surface area contributed by atoms with Gasteiger partial charge < -0.3 is 9.84 Å². The number of carbonyl (C=O) groups is 1. The Labute approximate surface area is 93.7 Å². The van der Waals surface area contributed by atoms with Crippen LogP contribution >= 0.6 is 0 Å². The van der Waals surface area contributed by atoms with Crippen molar-refractivity contribution in [2.24, 2.45) is 5.10 Å². The first kappa shape index (κ1) is 12.2. The Morgan fingerprint density at radius 1 is 1.44 bits per heavy atom. The molecule has 0 atom stereocenters. The van der Waals surface area contributed by atoms with Crippen LogP contribution in [-0.2, 0) is 4.74 Å². The van der Waals surface area contributed by atoms with Gasteiger partial charge in [-0.15, -0.1) is 0 Å². The largest absolute Gasteiger partial charge is 0.449 e. The van der Waals surface area contributed by atoms with Crippen LogP contribution in [-0.4, -0.2) is 30.1 Å². The van der Waals surface area contributed by atoms with Crippen molar-refractivity contribution in [1.82, 2.24) is 5.43 Å². The molecule has 1 aromatic carbocycles. The highest BCUT2D eigenvalue weighted by atomic mass is 16.5. The molecule has 5 nitrogen and oxygen atoms in total. The fourth-order valence-corrected chi connectivity index (χ4v) is 1.10. The second-order valence-electron chi connectivity index (χ2n) is 2.91. The SMILES string of the molecule is CCOC(=O)NN=C(CO)c1ccccc1. The zero-order valence-electron chi connectivity index (χ0n) is 9.01. The summed E-state index contributed by atoms with van der Waals surface area (Å²) in [5.74, 6) is 0. The minimum Gasteiger partial charge on any atom is -0.449 e. The molecular weight excluding hydrogens is 208 g/mol. The van der Waals surface area contributed by atoms with E-state index < -0.39 is 6.09 Å². The van der Waals surface area contributed by atoms with E-state index in [2.05, 4.69) is 15.3 Å². The molecule has 0 heterocycles. The molecule has 0 spiro atoms. The van der Waals surface area contributed by atoms with Crippen LogP contribution in [0.2, 0.25) is 0 Å². The number of aliphatic hydroxyl groups excluding tert-OH is 1. The van der Waals surface area contributed by atoms with E-state index in [9.17, 15) is 4.79 Å². The van der Waals surface area contributed by atoms with Crippen LogP contribution in [0.3, 0.4) is 0 Å². The minimum absolute atomic E-state index is 0.254. The van der Waals surface area contributed by atoms with Gasteiger partial charge in [0.15, 0.2) is 0 Å². The quantitative estimate of drug-likeness (QED) is 0.592. The summed E-state index contributed by atoms with van der Waals surface area (Å²) in [5, 5.41) is 12.9. The monoisotopic (exact) mass is 222 g/mol. The molecule has 1 aromatic rings. The summed E-state index contributed by atoms with van der Waals surface area (Å²) in [6.07, 6.45) is -0.635. The molecule has 0 radical (unpaired) electrons. The first-order chi connectivity index (χ1) is 7.77. The van der Waals surface area contributed by atoms with Crippen molar-refractivity contribution in [3.05, 3.63) is 35.9 Å². The molecule has 0 bridgehead atoms. The van der Waals surface area contributed by atoms with Crippen molar-refractivity contribution in [2.75, 3.05) is 13.2 Å². The summed E-state index contributed by atoms with van der Waals surface area (Å²) in [4.78, 5) is 11.0. The summed E-state index contributed by atoms with van der Waals surface area (Å²) in [5.41, 5.74) is 3.33. The second kappa shape index (κ2) is 6.58. The predicted molar refractivity (Wildman–Crippen MR) is 60.2 cm³/mol. The van der Waals surface area contributed by atoms with Crippen molar-refractivity contribution in [3.63, 3.8) is 0 Å². The van der Waals surface area contributed by atoms with Crippen LogP contribution in [0.1, 0.15) is 12.5 Å². The Balaban J connectivity index is 2.68. The third kappa shape index (κ3) is 3.70. The number of carbonyl (C=O) groups excluding carboxylic acids is 1. The lowest BCUT2D eigenvalue weighted by atomic mass is 10.1. The Bertz CT molecular complexity index is 363. The van der Waals surface area contributed by atoms with Crippen molar-refractivity contribution >= 4 is 11.8 Å². The summed E-state index contributed by atoms with van der Waals surface area (Å²) >= 11 is 0. The van der Waals surface area contributed by atoms with Crippen LogP contribution < -0.4 is 5.43 Å². The van der Waals surface area contributed by atoms with Gasteiger partial charge in [0.05, 0.1) is 18.9 Å². The van der Waals surface area contributed by atoms with Crippen molar-refractivity contribution in [3.8, 4) is 0 Å². The average Bonchev–Trinajstić information content (AvgIpc) is 2.31. The number of benzene rings is 1. The molecule has 0 saturated carbocycles. The summed E-state index contributed by atoms with van der Waals surface area (Å²) in [6, 6.07) is 9.09. The van der Waals surface area contributed by atoms with Crippen LogP contribution in [0.25, 0.3) is 0 Å². The lowest BCUT2D eigenvalue weighted by Crippen LogP contribution is -2.22. The van der Waals surface area contributed by atoms with Gasteiger partial charge in [-0.2, -0.15) is 5.10 Å². The smallest absolute Gasteiger partial charge is 0.427 e. The minimum atomic E-state index is -0.635. The molecule has 86 valence electrons. The normalized spacial score (nSPS) is 11.0. The van der Waals surface area contributed by atoms with Gasteiger partial charge in [-0.3, -0.25) is 0 Å². The number of hydrazone groups is 1. The van der Waals surface area contributed by atoms with E-state index in [1.165, 1.54) is 0 Å². The van der Waals surface area contributed by atoms with Gasteiger partial charge in [-0.1, -0.05) is 30.3 Å². The predicted octanol–water partition coefficient (Wildman–Crippen LogP) is 1.13. The fourth-order valence-electron chi connectivity index (χ4n) is 1.10. The zero-order chi connectivity index (χ0) is 11.8. The zero-order valence-corrected chi connectivity index (χ0v) is 9.01. The van der Waals surface area contributed by atoms with Crippen molar-refractivity contribution in [2.45, 2.75) is 6.92 Å². The highest BCUT2D eigenvalue weighted by molar-refractivity contribution is 6.01. The number of aliphatic hydroxyl groups is 1. The number of rotatable bonds is 4. The second-order valence-corrected chi connectivity index (χ2v) is 2.91. The van der Waals surface area contributed by atoms with Crippen molar-refractivity contribution in [1.29, 1.82) is 0 Å². The lowest BCUT2D eigenvalue weighted by molar-refractivity contribution is 0.152. The molecule has 0 saturated heterocycles. The molecule has 0 aliphatic heterocycles. The van der Waals surface area contributed by atoms with Crippen LogP contribution in [0.4, 0.5) is 4.79 Å². The van der Waals surface area contributed by atoms with Crippen LogP contribution in [0.15, 0.2) is 35.4 Å². The first-order valence-corrected chi connectivity index (χ1v) is 4.93. The topological polar surface area (TPSA) is 70.9 Å². The number of nitrogens with zero attached hydrogens (tertiary/aromatic N) is 1. The van der Waals surface area contributed by atoms with E-state index in [4.69, 9.17) is 5.11 Å². The van der Waals surface area contributed by atoms with E-state index in [1.807, 2.05) is 18.2 Å². The Hall–Kier alpha value is -1.88. The van der Waals surface area contributed by atoms with Gasteiger partial charge in [-0.25, -0.2) is 10.2 Å². The molecule has 5 heteroatoms. The molecule has 0 aromatic heterocycles. The maximum atomic E-state index is 11.0. The van der Waals surface area contributed by atoms with Gasteiger partial charge in [0.25, 0.3) is 0 Å². The van der Waals surface area contributed by atoms with E-state index >= 15 is 0 Å². The van der Waals surface area contributed by atoms with E-state index in [0.29, 0.717) is 5.71 Å². The number of amides is 1. The van der Waals surface area contributed by atoms with Gasteiger partial charge in [0.1, 0.15) is 0 Å². The van der Waals surface area contributed by atoms with E-state index in [0.717, 1.165) is 5.56 Å². The van der Waals surface area contributed by atoms with Gasteiger partial charge in [0.2, 0.25) is 0 Å². The van der Waals surface area contributed by atoms with E-state index in [1.54, 1.807) is 19.1 Å². The molecule has 16 heavy (non-hydrogen) atoms. The molecule has 0 aliphatic carbocycles. The number of ether oxygens (including phenoxy) is 1. The highest BCUT2D eigenvalue weighted by Crippen LogP contribution is 2.00. The Morgan fingerprint density at radius 3 is 2.69 bits per heavy atom. The standard InChI is InChI=1S/C11H14N2O3/c1-2-16-11(15)13-12-10(8-14)9-6-4-3-5-7-9/h3-7,14H,2,8H2,1H3,(H,13,15). The number of nitrogens with one attached hydrogen (secondary N) is 1. The summed E-state index contributed by atoms with van der Waals surface area (Å²) < 4.78 is 4.63. The first-order valence-electron chi connectivity index (χ1n) is 4.93. The summed E-state index contributed by atoms with van der Waals surface area (Å²) in [6.45, 7) is 1.73. The third-order valence-electron chi connectivity index (χ3n) is 1.81.